The number of hydroxylamine groups is 1. The number of hydrogen-bond donors (Lipinski definition) is 3. The van der Waals surface area contributed by atoms with Crippen molar-refractivity contribution in [3.05, 3.63) is 78.4 Å². The summed E-state index contributed by atoms with van der Waals surface area (Å²) >= 11 is 0. The molecule has 3 N–H and O–H groups in total. The number of fused-ring (bicyclic) bond motifs is 1. The molecule has 0 aliphatic carbocycles. The van der Waals surface area contributed by atoms with Crippen molar-refractivity contribution in [2.75, 3.05) is 5.32 Å². The number of nitrogens with zero attached hydrogens (tertiary/aromatic N) is 1. The number of carbonyl (C=O) groups is 2. The summed E-state index contributed by atoms with van der Waals surface area (Å²) in [5.41, 5.74) is 3.16. The molecule has 0 saturated heterocycles. The van der Waals surface area contributed by atoms with Crippen LogP contribution < -0.4 is 10.8 Å². The number of hydrogen-bond acceptors (Lipinski definition) is 3. The summed E-state index contributed by atoms with van der Waals surface area (Å²) in [6.45, 7) is 1.79. The van der Waals surface area contributed by atoms with Crippen LogP contribution in [0.25, 0.3) is 10.8 Å². The lowest BCUT2D eigenvalue weighted by atomic mass is 10.1. The van der Waals surface area contributed by atoms with Gasteiger partial charge in [0.1, 0.15) is 6.04 Å². The second kappa shape index (κ2) is 8.33. The van der Waals surface area contributed by atoms with E-state index in [0.717, 1.165) is 16.3 Å². The average Bonchev–Trinajstić information content (AvgIpc) is 2.72. The van der Waals surface area contributed by atoms with Gasteiger partial charge in [0.05, 0.1) is 5.69 Å². The molecule has 0 aliphatic heterocycles. The minimum Gasteiger partial charge on any atom is -0.308 e. The third-order valence-electron chi connectivity index (χ3n) is 4.44. The SMILES string of the molecule is C[C@@H](C(=O)NO)N(Cc1ccccc1)C(=O)Nc1cccc2ccccc12. The molecule has 0 aliphatic rings. The van der Waals surface area contributed by atoms with Gasteiger partial charge in [0.2, 0.25) is 0 Å². The fourth-order valence-electron chi connectivity index (χ4n) is 2.92. The molecule has 0 aromatic heterocycles. The van der Waals surface area contributed by atoms with E-state index in [1.807, 2.05) is 72.8 Å². The second-order valence-corrected chi connectivity index (χ2v) is 6.22. The van der Waals surface area contributed by atoms with E-state index < -0.39 is 18.0 Å². The molecule has 1 atom stereocenters. The van der Waals surface area contributed by atoms with Gasteiger partial charge in [-0.1, -0.05) is 66.7 Å². The van der Waals surface area contributed by atoms with Gasteiger partial charge in [-0.25, -0.2) is 10.3 Å². The number of benzene rings is 3. The molecule has 0 fully saturated rings. The first kappa shape index (κ1) is 18.4. The minimum absolute atomic E-state index is 0.228. The molecule has 0 bridgehead atoms. The van der Waals surface area contributed by atoms with Gasteiger partial charge in [0, 0.05) is 11.9 Å². The number of urea groups is 1. The van der Waals surface area contributed by atoms with Crippen LogP contribution >= 0.6 is 0 Å². The van der Waals surface area contributed by atoms with Crippen molar-refractivity contribution in [2.45, 2.75) is 19.5 Å². The Hall–Kier alpha value is -3.38. The van der Waals surface area contributed by atoms with Crippen molar-refractivity contribution in [1.82, 2.24) is 10.4 Å². The van der Waals surface area contributed by atoms with Crippen LogP contribution in [0.3, 0.4) is 0 Å². The van der Waals surface area contributed by atoms with Gasteiger partial charge in [-0.3, -0.25) is 10.0 Å². The summed E-state index contributed by atoms with van der Waals surface area (Å²) in [5.74, 6) is -0.654. The number of anilines is 1. The summed E-state index contributed by atoms with van der Waals surface area (Å²) in [6, 6.07) is 21.5. The van der Waals surface area contributed by atoms with Gasteiger partial charge >= 0.3 is 6.03 Å². The third-order valence-corrected chi connectivity index (χ3v) is 4.44. The van der Waals surface area contributed by atoms with E-state index in [2.05, 4.69) is 5.32 Å². The molecule has 3 rings (SSSR count). The van der Waals surface area contributed by atoms with Crippen LogP contribution in [0, 0.1) is 0 Å². The maximum atomic E-state index is 13.0. The molecule has 6 nitrogen and oxygen atoms in total. The smallest absolute Gasteiger partial charge is 0.308 e. The van der Waals surface area contributed by atoms with Gasteiger partial charge in [-0.15, -0.1) is 0 Å². The van der Waals surface area contributed by atoms with Gasteiger partial charge in [-0.05, 0) is 23.9 Å². The highest BCUT2D eigenvalue weighted by Gasteiger charge is 2.26. The van der Waals surface area contributed by atoms with E-state index in [0.29, 0.717) is 5.69 Å². The van der Waals surface area contributed by atoms with Crippen molar-refractivity contribution < 1.29 is 14.8 Å². The van der Waals surface area contributed by atoms with E-state index in [-0.39, 0.29) is 6.54 Å². The van der Waals surface area contributed by atoms with E-state index in [9.17, 15) is 9.59 Å². The standard InChI is InChI=1S/C21H21N3O3/c1-15(20(25)23-27)24(14-16-8-3-2-4-9-16)21(26)22-19-13-7-11-17-10-5-6-12-18(17)19/h2-13,15,27H,14H2,1H3,(H,22,26)(H,23,25)/t15-/m0/s1. The second-order valence-electron chi connectivity index (χ2n) is 6.22. The van der Waals surface area contributed by atoms with E-state index in [1.165, 1.54) is 4.90 Å². The lowest BCUT2D eigenvalue weighted by Gasteiger charge is -2.28. The van der Waals surface area contributed by atoms with Gasteiger partial charge < -0.3 is 10.2 Å². The summed E-state index contributed by atoms with van der Waals surface area (Å²) in [5, 5.41) is 13.8. The highest BCUT2D eigenvalue weighted by molar-refractivity contribution is 6.02. The summed E-state index contributed by atoms with van der Waals surface area (Å²) in [6.07, 6.45) is 0. The topological polar surface area (TPSA) is 81.7 Å². The van der Waals surface area contributed by atoms with Crippen LogP contribution in [0.5, 0.6) is 0 Å². The van der Waals surface area contributed by atoms with Crippen molar-refractivity contribution in [1.29, 1.82) is 0 Å². The lowest BCUT2D eigenvalue weighted by Crippen LogP contribution is -2.48. The normalized spacial score (nSPS) is 11.6. The number of carbonyl (C=O) groups excluding carboxylic acids is 2. The first-order valence-electron chi connectivity index (χ1n) is 8.63. The molecule has 0 unspecified atom stereocenters. The van der Waals surface area contributed by atoms with E-state index >= 15 is 0 Å². The zero-order chi connectivity index (χ0) is 19.2. The zero-order valence-electron chi connectivity index (χ0n) is 14.9. The molecule has 3 aromatic carbocycles. The number of amides is 3. The quantitative estimate of drug-likeness (QED) is 0.477. The molecule has 0 radical (unpaired) electrons. The Morgan fingerprint density at radius 3 is 2.37 bits per heavy atom. The van der Waals surface area contributed by atoms with Crippen LogP contribution in [0.1, 0.15) is 12.5 Å². The minimum atomic E-state index is -0.856. The summed E-state index contributed by atoms with van der Waals surface area (Å²) < 4.78 is 0. The largest absolute Gasteiger partial charge is 0.322 e. The molecule has 0 heterocycles. The maximum Gasteiger partial charge on any atom is 0.322 e. The predicted molar refractivity (Wildman–Crippen MR) is 104 cm³/mol. The molecule has 3 amide bonds. The third kappa shape index (κ3) is 4.24. The van der Waals surface area contributed by atoms with Crippen LogP contribution in [0.15, 0.2) is 72.8 Å². The summed E-state index contributed by atoms with van der Waals surface area (Å²) in [4.78, 5) is 26.3. The summed E-state index contributed by atoms with van der Waals surface area (Å²) in [7, 11) is 0. The molecule has 27 heavy (non-hydrogen) atoms. The van der Waals surface area contributed by atoms with E-state index in [4.69, 9.17) is 5.21 Å². The Balaban J connectivity index is 1.88. The average molecular weight is 363 g/mol. The lowest BCUT2D eigenvalue weighted by molar-refractivity contribution is -0.133. The van der Waals surface area contributed by atoms with Gasteiger partial charge in [-0.2, -0.15) is 0 Å². The van der Waals surface area contributed by atoms with Gasteiger partial charge in [0.25, 0.3) is 5.91 Å². The molecule has 138 valence electrons. The van der Waals surface area contributed by atoms with Crippen molar-refractivity contribution in [3.63, 3.8) is 0 Å². The number of nitrogens with one attached hydrogen (secondary N) is 2. The van der Waals surface area contributed by atoms with Crippen LogP contribution in [-0.2, 0) is 11.3 Å². The Morgan fingerprint density at radius 2 is 1.63 bits per heavy atom. The Kier molecular flexibility index (Phi) is 5.68. The Labute approximate surface area is 157 Å². The van der Waals surface area contributed by atoms with Crippen LogP contribution in [-0.4, -0.2) is 28.1 Å². The van der Waals surface area contributed by atoms with Crippen molar-refractivity contribution >= 4 is 28.4 Å². The molecular weight excluding hydrogens is 342 g/mol. The fraction of sp³-hybridized carbons (Fsp3) is 0.143. The first-order valence-corrected chi connectivity index (χ1v) is 8.63. The van der Waals surface area contributed by atoms with Crippen LogP contribution in [0.4, 0.5) is 10.5 Å². The Morgan fingerprint density at radius 1 is 0.963 bits per heavy atom. The molecular formula is C21H21N3O3. The van der Waals surface area contributed by atoms with Crippen molar-refractivity contribution in [3.8, 4) is 0 Å². The molecule has 0 spiro atoms. The van der Waals surface area contributed by atoms with Crippen LogP contribution in [0.2, 0.25) is 0 Å². The van der Waals surface area contributed by atoms with Crippen molar-refractivity contribution in [2.24, 2.45) is 0 Å². The molecule has 0 saturated carbocycles. The first-order chi connectivity index (χ1) is 13.1. The molecule has 3 aromatic rings. The van der Waals surface area contributed by atoms with E-state index in [1.54, 1.807) is 12.4 Å². The number of rotatable bonds is 5. The van der Waals surface area contributed by atoms with Gasteiger partial charge in [0.15, 0.2) is 0 Å². The highest BCUT2D eigenvalue weighted by atomic mass is 16.5. The monoisotopic (exact) mass is 363 g/mol. The Bertz CT molecular complexity index is 938. The zero-order valence-corrected chi connectivity index (χ0v) is 14.9. The maximum absolute atomic E-state index is 13.0. The molecule has 6 heteroatoms. The predicted octanol–water partition coefficient (Wildman–Crippen LogP) is 3.77. The fourth-order valence-corrected chi connectivity index (χ4v) is 2.92. The highest BCUT2D eigenvalue weighted by Crippen LogP contribution is 2.23.